The zero-order chi connectivity index (χ0) is 24.4. The SMILES string of the molecule is CC1=C(C)C(=O)O[C@@H]([C@@H](C)[C@@]2(O)CC[C@H]3[C@@H]4C[C@H]5O[C@]56[C@@H](O)C=CC(=O)[C@]6(C)[C@H]4CCC32C)C1. The van der Waals surface area contributed by atoms with E-state index in [4.69, 9.17) is 9.47 Å². The van der Waals surface area contributed by atoms with Crippen molar-refractivity contribution in [2.75, 3.05) is 0 Å². The van der Waals surface area contributed by atoms with E-state index < -0.39 is 22.7 Å². The summed E-state index contributed by atoms with van der Waals surface area (Å²) in [4.78, 5) is 25.7. The monoisotopic (exact) mass is 470 g/mol. The number of epoxide rings is 1. The van der Waals surface area contributed by atoms with Crippen LogP contribution in [0.15, 0.2) is 23.3 Å². The number of rotatable bonds is 2. The van der Waals surface area contributed by atoms with Crippen LogP contribution in [0.1, 0.15) is 73.1 Å². The third kappa shape index (κ3) is 2.43. The van der Waals surface area contributed by atoms with Gasteiger partial charge in [0, 0.05) is 17.9 Å². The predicted octanol–water partition coefficient (Wildman–Crippen LogP) is 3.50. The number of cyclic esters (lactones) is 1. The highest BCUT2D eigenvalue weighted by Crippen LogP contribution is 2.73. The predicted molar refractivity (Wildman–Crippen MR) is 125 cm³/mol. The second kappa shape index (κ2) is 6.83. The number of hydrogen-bond acceptors (Lipinski definition) is 6. The molecule has 4 aliphatic carbocycles. The van der Waals surface area contributed by atoms with Gasteiger partial charge in [-0.15, -0.1) is 0 Å². The van der Waals surface area contributed by atoms with Crippen molar-refractivity contribution in [1.29, 1.82) is 0 Å². The minimum atomic E-state index is -0.936. The molecule has 1 spiro atoms. The Bertz CT molecular complexity index is 1030. The zero-order valence-corrected chi connectivity index (χ0v) is 21.0. The van der Waals surface area contributed by atoms with Crippen molar-refractivity contribution in [2.45, 2.75) is 103 Å². The number of allylic oxidation sites excluding steroid dienone is 1. The molecule has 3 saturated carbocycles. The second-order valence-corrected chi connectivity index (χ2v) is 12.6. The Morgan fingerprint density at radius 1 is 1.12 bits per heavy atom. The van der Waals surface area contributed by atoms with Crippen molar-refractivity contribution in [2.24, 2.45) is 34.5 Å². The Balaban J connectivity index is 1.32. The quantitative estimate of drug-likeness (QED) is 0.474. The fraction of sp³-hybridized carbons (Fsp3) is 0.786. The molecule has 34 heavy (non-hydrogen) atoms. The molecule has 6 aliphatic rings. The van der Waals surface area contributed by atoms with Gasteiger partial charge in [-0.1, -0.05) is 19.4 Å². The first-order chi connectivity index (χ1) is 15.9. The smallest absolute Gasteiger partial charge is 0.333 e. The van der Waals surface area contributed by atoms with Crippen LogP contribution in [0.4, 0.5) is 0 Å². The first-order valence-electron chi connectivity index (χ1n) is 13.1. The number of fused-ring (bicyclic) bond motifs is 4. The highest BCUT2D eigenvalue weighted by molar-refractivity contribution is 5.98. The van der Waals surface area contributed by atoms with E-state index in [-0.39, 0.29) is 53.0 Å². The lowest BCUT2D eigenvalue weighted by Crippen LogP contribution is -2.65. The summed E-state index contributed by atoms with van der Waals surface area (Å²) in [5.41, 5.74) is -1.02. The average Bonchev–Trinajstić information content (AvgIpc) is 3.47. The van der Waals surface area contributed by atoms with E-state index in [1.165, 1.54) is 0 Å². The molecule has 0 aromatic rings. The summed E-state index contributed by atoms with van der Waals surface area (Å²) >= 11 is 0. The summed E-state index contributed by atoms with van der Waals surface area (Å²) < 4.78 is 12.0. The maximum atomic E-state index is 13.3. The van der Waals surface area contributed by atoms with Gasteiger partial charge in [-0.25, -0.2) is 4.79 Å². The third-order valence-corrected chi connectivity index (χ3v) is 11.9. The van der Waals surface area contributed by atoms with E-state index in [1.807, 2.05) is 20.8 Å². The summed E-state index contributed by atoms with van der Waals surface area (Å²) in [5, 5.41) is 23.1. The van der Waals surface area contributed by atoms with Crippen LogP contribution in [0.25, 0.3) is 0 Å². The molecule has 1 saturated heterocycles. The van der Waals surface area contributed by atoms with Crippen LogP contribution >= 0.6 is 0 Å². The van der Waals surface area contributed by atoms with E-state index >= 15 is 0 Å². The molecule has 4 fully saturated rings. The van der Waals surface area contributed by atoms with Crippen LogP contribution in [0, 0.1) is 34.5 Å². The van der Waals surface area contributed by atoms with E-state index in [2.05, 4.69) is 13.8 Å². The van der Waals surface area contributed by atoms with Gasteiger partial charge in [0.05, 0.1) is 17.1 Å². The molecule has 0 radical (unpaired) electrons. The Hall–Kier alpha value is -1.50. The normalized spacial score (nSPS) is 54.6. The average molecular weight is 471 g/mol. The number of esters is 1. The van der Waals surface area contributed by atoms with Crippen LogP contribution in [-0.4, -0.2) is 51.5 Å². The van der Waals surface area contributed by atoms with Crippen LogP contribution in [-0.2, 0) is 19.1 Å². The molecule has 6 heteroatoms. The molecule has 6 rings (SSSR count). The van der Waals surface area contributed by atoms with Crippen molar-refractivity contribution in [3.05, 3.63) is 23.3 Å². The molecule has 186 valence electrons. The molecule has 0 amide bonds. The number of hydrogen-bond donors (Lipinski definition) is 2. The van der Waals surface area contributed by atoms with Crippen molar-refractivity contribution < 1.29 is 29.3 Å². The van der Waals surface area contributed by atoms with Crippen LogP contribution in [0.5, 0.6) is 0 Å². The Labute approximate surface area is 201 Å². The molecule has 1 unspecified atom stereocenters. The first kappa shape index (κ1) is 22.9. The number of carbonyl (C=O) groups excluding carboxylic acids is 2. The molecule has 2 aliphatic heterocycles. The van der Waals surface area contributed by atoms with E-state index in [9.17, 15) is 19.8 Å². The molecular formula is C28H38O6. The molecular weight excluding hydrogens is 432 g/mol. The number of ketones is 1. The standard InChI is InChI=1S/C28H38O6/c1-14-12-20(33-24(31)15(14)2)16(3)27(32)11-9-18-17-13-23-28(34-23)22(30)7-6-21(29)26(28,5)19(17)8-10-25(18,27)4/h6-7,16-20,22-23,30,32H,8-13H2,1-5H3/t16-,17+,18+,19+,20-,22+,23-,25?,26+,27+,28-/m1/s1. The third-order valence-electron chi connectivity index (χ3n) is 11.9. The maximum absolute atomic E-state index is 13.3. The van der Waals surface area contributed by atoms with Crippen molar-refractivity contribution in [3.8, 4) is 0 Å². The lowest BCUT2D eigenvalue weighted by Gasteiger charge is -2.59. The second-order valence-electron chi connectivity index (χ2n) is 12.6. The van der Waals surface area contributed by atoms with E-state index in [0.717, 1.165) is 31.3 Å². The molecule has 0 aromatic carbocycles. The maximum Gasteiger partial charge on any atom is 0.333 e. The summed E-state index contributed by atoms with van der Waals surface area (Å²) in [6.45, 7) is 10.1. The zero-order valence-electron chi connectivity index (χ0n) is 21.0. The van der Waals surface area contributed by atoms with E-state index in [1.54, 1.807) is 12.2 Å². The fourth-order valence-electron chi connectivity index (χ4n) is 9.47. The number of ether oxygens (including phenoxy) is 2. The molecule has 0 bridgehead atoms. The van der Waals surface area contributed by atoms with Gasteiger partial charge in [-0.05, 0) is 88.2 Å². The molecule has 6 nitrogen and oxygen atoms in total. The summed E-state index contributed by atoms with van der Waals surface area (Å²) in [6.07, 6.45) is 6.73. The number of aliphatic hydroxyl groups excluding tert-OH is 1. The summed E-state index contributed by atoms with van der Waals surface area (Å²) in [6, 6.07) is 0. The number of carbonyl (C=O) groups is 2. The highest BCUT2D eigenvalue weighted by Gasteiger charge is 2.81. The molecule has 2 N–H and O–H groups in total. The van der Waals surface area contributed by atoms with Gasteiger partial charge >= 0.3 is 5.97 Å². The van der Waals surface area contributed by atoms with Crippen LogP contribution < -0.4 is 0 Å². The Morgan fingerprint density at radius 2 is 1.82 bits per heavy atom. The molecule has 0 aromatic heterocycles. The lowest BCUT2D eigenvalue weighted by atomic mass is 9.44. The molecule has 11 atom stereocenters. The Morgan fingerprint density at radius 3 is 2.53 bits per heavy atom. The van der Waals surface area contributed by atoms with Gasteiger partial charge in [0.25, 0.3) is 0 Å². The van der Waals surface area contributed by atoms with Gasteiger partial charge in [-0.3, -0.25) is 4.79 Å². The van der Waals surface area contributed by atoms with Gasteiger partial charge < -0.3 is 19.7 Å². The van der Waals surface area contributed by atoms with Gasteiger partial charge in [0.15, 0.2) is 5.78 Å². The summed E-state index contributed by atoms with van der Waals surface area (Å²) in [5.74, 6) is 0.304. The van der Waals surface area contributed by atoms with Gasteiger partial charge in [0.1, 0.15) is 17.8 Å². The number of aliphatic hydroxyl groups is 2. The highest BCUT2D eigenvalue weighted by atomic mass is 16.6. The summed E-state index contributed by atoms with van der Waals surface area (Å²) in [7, 11) is 0. The minimum absolute atomic E-state index is 0.0759. The first-order valence-corrected chi connectivity index (χ1v) is 13.1. The van der Waals surface area contributed by atoms with Crippen molar-refractivity contribution in [1.82, 2.24) is 0 Å². The van der Waals surface area contributed by atoms with Crippen molar-refractivity contribution >= 4 is 11.8 Å². The minimum Gasteiger partial charge on any atom is -0.458 e. The Kier molecular flexibility index (Phi) is 4.61. The van der Waals surface area contributed by atoms with Gasteiger partial charge in [0.2, 0.25) is 0 Å². The van der Waals surface area contributed by atoms with E-state index in [0.29, 0.717) is 18.4 Å². The fourth-order valence-corrected chi connectivity index (χ4v) is 9.47. The van der Waals surface area contributed by atoms with Gasteiger partial charge in [-0.2, -0.15) is 0 Å². The lowest BCUT2D eigenvalue weighted by molar-refractivity contribution is -0.188. The van der Waals surface area contributed by atoms with Crippen LogP contribution in [0.2, 0.25) is 0 Å². The largest absolute Gasteiger partial charge is 0.458 e. The topological polar surface area (TPSA) is 96.4 Å². The van der Waals surface area contributed by atoms with Crippen molar-refractivity contribution in [3.63, 3.8) is 0 Å². The van der Waals surface area contributed by atoms with Crippen LogP contribution in [0.3, 0.4) is 0 Å². The molecule has 2 heterocycles.